The number of piperidine rings is 1. The van der Waals surface area contributed by atoms with Gasteiger partial charge in [-0.1, -0.05) is 36.2 Å². The Labute approximate surface area is 112 Å². The number of fused-ring (bicyclic) bond motifs is 1. The number of alkyl halides is 1. The van der Waals surface area contributed by atoms with E-state index in [0.29, 0.717) is 18.0 Å². The van der Waals surface area contributed by atoms with Crippen molar-refractivity contribution >= 4 is 21.8 Å². The van der Waals surface area contributed by atoms with E-state index in [1.807, 2.05) is 0 Å². The maximum atomic E-state index is 12.0. The van der Waals surface area contributed by atoms with E-state index in [1.54, 1.807) is 0 Å². The molecule has 2 saturated heterocycles. The fourth-order valence-electron chi connectivity index (χ4n) is 2.98. The molecule has 3 nitrogen and oxygen atoms in total. The second-order valence-electron chi connectivity index (χ2n) is 5.65. The number of amides is 1. The first kappa shape index (κ1) is 13.3. The molecule has 2 heterocycles. The molecular formula is C13H23BrN2O. The molecule has 17 heavy (non-hydrogen) atoms. The van der Waals surface area contributed by atoms with Gasteiger partial charge in [0.05, 0.1) is 4.83 Å². The minimum absolute atomic E-state index is 0.0554. The molecule has 0 aliphatic carbocycles. The Kier molecular flexibility index (Phi) is 4.47. The quantitative estimate of drug-likeness (QED) is 0.810. The van der Waals surface area contributed by atoms with Crippen LogP contribution in [-0.4, -0.2) is 40.8 Å². The van der Waals surface area contributed by atoms with Gasteiger partial charge in [-0.05, 0) is 31.7 Å². The van der Waals surface area contributed by atoms with E-state index < -0.39 is 0 Å². The van der Waals surface area contributed by atoms with Gasteiger partial charge in [0, 0.05) is 18.6 Å². The summed E-state index contributed by atoms with van der Waals surface area (Å²) < 4.78 is 0. The van der Waals surface area contributed by atoms with E-state index in [2.05, 4.69) is 40.0 Å². The first-order valence-electron chi connectivity index (χ1n) is 6.78. The predicted octanol–water partition coefficient (Wildman–Crippen LogP) is 2.15. The van der Waals surface area contributed by atoms with Crippen molar-refractivity contribution in [3.63, 3.8) is 0 Å². The highest BCUT2D eigenvalue weighted by atomic mass is 79.9. The molecule has 0 aromatic carbocycles. The zero-order valence-corrected chi connectivity index (χ0v) is 12.4. The Morgan fingerprint density at radius 2 is 2.06 bits per heavy atom. The first-order valence-corrected chi connectivity index (χ1v) is 7.69. The van der Waals surface area contributed by atoms with Gasteiger partial charge in [-0.15, -0.1) is 0 Å². The van der Waals surface area contributed by atoms with Gasteiger partial charge >= 0.3 is 0 Å². The molecule has 2 aliphatic rings. The number of carbonyl (C=O) groups excluding carboxylic acids is 1. The second-order valence-corrected chi connectivity index (χ2v) is 6.64. The second kappa shape index (κ2) is 5.70. The van der Waals surface area contributed by atoms with Crippen molar-refractivity contribution in [2.45, 2.75) is 56.4 Å². The SMILES string of the molecule is CC(C)C(Br)C(=O)NC1CCN2CCCCC12. The molecule has 0 aromatic rings. The summed E-state index contributed by atoms with van der Waals surface area (Å²) >= 11 is 3.48. The lowest BCUT2D eigenvalue weighted by Crippen LogP contribution is -2.49. The molecule has 4 heteroatoms. The summed E-state index contributed by atoms with van der Waals surface area (Å²) in [6, 6.07) is 0.973. The topological polar surface area (TPSA) is 32.3 Å². The summed E-state index contributed by atoms with van der Waals surface area (Å²) in [4.78, 5) is 14.5. The third-order valence-electron chi connectivity index (χ3n) is 4.02. The van der Waals surface area contributed by atoms with Gasteiger partial charge in [-0.25, -0.2) is 0 Å². The summed E-state index contributed by atoms with van der Waals surface area (Å²) in [5, 5.41) is 3.23. The van der Waals surface area contributed by atoms with E-state index in [9.17, 15) is 4.79 Å². The van der Waals surface area contributed by atoms with Crippen molar-refractivity contribution in [3.8, 4) is 0 Å². The Bertz CT molecular complexity index is 283. The van der Waals surface area contributed by atoms with Crippen molar-refractivity contribution in [2.75, 3.05) is 13.1 Å². The molecule has 98 valence electrons. The van der Waals surface area contributed by atoms with Crippen molar-refractivity contribution < 1.29 is 4.79 Å². The standard InChI is InChI=1S/C13H23BrN2O/c1-9(2)12(14)13(17)15-10-6-8-16-7-4-3-5-11(10)16/h9-12H,3-8H2,1-2H3,(H,15,17). The zero-order valence-electron chi connectivity index (χ0n) is 10.8. The predicted molar refractivity (Wildman–Crippen MR) is 73.3 cm³/mol. The minimum atomic E-state index is -0.0554. The van der Waals surface area contributed by atoms with Gasteiger partial charge in [-0.3, -0.25) is 9.69 Å². The van der Waals surface area contributed by atoms with Crippen LogP contribution in [0.25, 0.3) is 0 Å². The van der Waals surface area contributed by atoms with E-state index in [1.165, 1.54) is 25.8 Å². The summed E-state index contributed by atoms with van der Waals surface area (Å²) in [6.07, 6.45) is 5.01. The van der Waals surface area contributed by atoms with Gasteiger partial charge < -0.3 is 5.32 Å². The van der Waals surface area contributed by atoms with Crippen LogP contribution in [0.4, 0.5) is 0 Å². The highest BCUT2D eigenvalue weighted by Gasteiger charge is 2.37. The van der Waals surface area contributed by atoms with Crippen LogP contribution in [0.2, 0.25) is 0 Å². The van der Waals surface area contributed by atoms with Crippen molar-refractivity contribution in [3.05, 3.63) is 0 Å². The third-order valence-corrected chi connectivity index (χ3v) is 5.49. The van der Waals surface area contributed by atoms with Gasteiger partial charge in [0.1, 0.15) is 0 Å². The van der Waals surface area contributed by atoms with Crippen LogP contribution in [0.3, 0.4) is 0 Å². The lowest BCUT2D eigenvalue weighted by atomic mass is 9.98. The van der Waals surface area contributed by atoms with E-state index >= 15 is 0 Å². The Morgan fingerprint density at radius 1 is 1.29 bits per heavy atom. The van der Waals surface area contributed by atoms with Gasteiger partial charge in [-0.2, -0.15) is 0 Å². The number of rotatable bonds is 3. The van der Waals surface area contributed by atoms with E-state index in [4.69, 9.17) is 0 Å². The number of hydrogen-bond donors (Lipinski definition) is 1. The van der Waals surface area contributed by atoms with Crippen LogP contribution >= 0.6 is 15.9 Å². The Hall–Kier alpha value is -0.0900. The molecule has 0 aromatic heterocycles. The summed E-state index contributed by atoms with van der Waals surface area (Å²) in [6.45, 7) is 6.52. The highest BCUT2D eigenvalue weighted by molar-refractivity contribution is 9.10. The summed E-state index contributed by atoms with van der Waals surface area (Å²) in [7, 11) is 0. The number of nitrogens with zero attached hydrogens (tertiary/aromatic N) is 1. The molecule has 3 unspecified atom stereocenters. The lowest BCUT2D eigenvalue weighted by molar-refractivity contribution is -0.122. The van der Waals surface area contributed by atoms with Crippen LogP contribution in [0.15, 0.2) is 0 Å². The van der Waals surface area contributed by atoms with Crippen LogP contribution in [0, 0.1) is 5.92 Å². The molecule has 2 aliphatic heterocycles. The highest BCUT2D eigenvalue weighted by Crippen LogP contribution is 2.27. The molecular weight excluding hydrogens is 280 g/mol. The number of nitrogens with one attached hydrogen (secondary N) is 1. The van der Waals surface area contributed by atoms with Gasteiger partial charge in [0.25, 0.3) is 0 Å². The largest absolute Gasteiger partial charge is 0.351 e. The van der Waals surface area contributed by atoms with Crippen LogP contribution in [-0.2, 0) is 4.79 Å². The van der Waals surface area contributed by atoms with Gasteiger partial charge in [0.15, 0.2) is 0 Å². The van der Waals surface area contributed by atoms with Crippen molar-refractivity contribution in [2.24, 2.45) is 5.92 Å². The van der Waals surface area contributed by atoms with Crippen LogP contribution in [0.5, 0.6) is 0 Å². The smallest absolute Gasteiger partial charge is 0.234 e. The molecule has 1 amide bonds. The summed E-state index contributed by atoms with van der Waals surface area (Å²) in [5.74, 6) is 0.510. The maximum Gasteiger partial charge on any atom is 0.234 e. The maximum absolute atomic E-state index is 12.0. The van der Waals surface area contributed by atoms with Crippen LogP contribution < -0.4 is 5.32 Å². The van der Waals surface area contributed by atoms with Crippen molar-refractivity contribution in [1.29, 1.82) is 0 Å². The number of hydrogen-bond acceptors (Lipinski definition) is 2. The van der Waals surface area contributed by atoms with Gasteiger partial charge in [0.2, 0.25) is 5.91 Å². The lowest BCUT2D eigenvalue weighted by Gasteiger charge is -2.33. The van der Waals surface area contributed by atoms with E-state index in [0.717, 1.165) is 13.0 Å². The Morgan fingerprint density at radius 3 is 2.76 bits per heavy atom. The molecule has 0 radical (unpaired) electrons. The average molecular weight is 303 g/mol. The first-order chi connectivity index (χ1) is 8.09. The average Bonchev–Trinajstić information content (AvgIpc) is 2.71. The molecule has 3 atom stereocenters. The molecule has 1 N–H and O–H groups in total. The summed E-state index contributed by atoms with van der Waals surface area (Å²) in [5.41, 5.74) is 0. The minimum Gasteiger partial charge on any atom is -0.351 e. The molecule has 0 saturated carbocycles. The zero-order chi connectivity index (χ0) is 12.4. The molecule has 2 rings (SSSR count). The van der Waals surface area contributed by atoms with Crippen LogP contribution in [0.1, 0.15) is 39.5 Å². The monoisotopic (exact) mass is 302 g/mol. The fraction of sp³-hybridized carbons (Fsp3) is 0.923. The number of halogens is 1. The molecule has 2 fully saturated rings. The van der Waals surface area contributed by atoms with E-state index in [-0.39, 0.29) is 10.7 Å². The third kappa shape index (κ3) is 3.02. The van der Waals surface area contributed by atoms with Crippen molar-refractivity contribution in [1.82, 2.24) is 10.2 Å². The molecule has 0 spiro atoms. The number of carbonyl (C=O) groups is 1. The normalized spacial score (nSPS) is 31.3. The molecule has 0 bridgehead atoms. The Balaban J connectivity index is 1.89. The fourth-order valence-corrected chi connectivity index (χ4v) is 3.11.